The van der Waals surface area contributed by atoms with Gasteiger partial charge in [-0.05, 0) is 17.7 Å². The SMILES string of the molecule is C=CN1C(=O)[C@@H](Oc2ccccc2)[C@H]1c1ccccc1. The highest BCUT2D eigenvalue weighted by molar-refractivity contribution is 5.90. The van der Waals surface area contributed by atoms with Gasteiger partial charge in [0.05, 0.1) is 0 Å². The summed E-state index contributed by atoms with van der Waals surface area (Å²) in [5.41, 5.74) is 1.05. The molecule has 0 aromatic heterocycles. The van der Waals surface area contributed by atoms with Crippen LogP contribution in [0.2, 0.25) is 0 Å². The predicted molar refractivity (Wildman–Crippen MR) is 77.1 cm³/mol. The molecule has 0 N–H and O–H groups in total. The van der Waals surface area contributed by atoms with Gasteiger partial charge < -0.3 is 9.64 Å². The van der Waals surface area contributed by atoms with Gasteiger partial charge in [-0.25, -0.2) is 0 Å². The van der Waals surface area contributed by atoms with Crippen molar-refractivity contribution in [2.75, 3.05) is 0 Å². The van der Waals surface area contributed by atoms with Crippen molar-refractivity contribution in [3.8, 4) is 5.75 Å². The highest BCUT2D eigenvalue weighted by atomic mass is 16.5. The maximum Gasteiger partial charge on any atom is 0.270 e. The summed E-state index contributed by atoms with van der Waals surface area (Å²) in [4.78, 5) is 13.7. The van der Waals surface area contributed by atoms with Crippen LogP contribution in [-0.2, 0) is 4.79 Å². The van der Waals surface area contributed by atoms with E-state index in [1.807, 2.05) is 60.7 Å². The van der Waals surface area contributed by atoms with Crippen molar-refractivity contribution in [2.24, 2.45) is 0 Å². The summed E-state index contributed by atoms with van der Waals surface area (Å²) in [6.45, 7) is 3.70. The molecule has 3 nitrogen and oxygen atoms in total. The Morgan fingerprint density at radius 3 is 2.20 bits per heavy atom. The van der Waals surface area contributed by atoms with Gasteiger partial charge in [0.25, 0.3) is 5.91 Å². The molecule has 20 heavy (non-hydrogen) atoms. The first-order chi connectivity index (χ1) is 9.81. The molecule has 1 amide bonds. The normalized spacial score (nSPS) is 21.2. The van der Waals surface area contributed by atoms with Crippen LogP contribution in [0.5, 0.6) is 5.75 Å². The van der Waals surface area contributed by atoms with Gasteiger partial charge in [0.1, 0.15) is 11.8 Å². The molecule has 100 valence electrons. The monoisotopic (exact) mass is 265 g/mol. The van der Waals surface area contributed by atoms with Gasteiger partial charge in [0.15, 0.2) is 0 Å². The topological polar surface area (TPSA) is 29.5 Å². The number of benzene rings is 2. The lowest BCUT2D eigenvalue weighted by atomic mass is 9.91. The maximum absolute atomic E-state index is 12.1. The van der Waals surface area contributed by atoms with Gasteiger partial charge in [-0.2, -0.15) is 0 Å². The van der Waals surface area contributed by atoms with Gasteiger partial charge >= 0.3 is 0 Å². The van der Waals surface area contributed by atoms with E-state index in [1.54, 1.807) is 11.1 Å². The Balaban J connectivity index is 1.86. The van der Waals surface area contributed by atoms with E-state index in [0.29, 0.717) is 5.75 Å². The van der Waals surface area contributed by atoms with Crippen molar-refractivity contribution in [3.63, 3.8) is 0 Å². The van der Waals surface area contributed by atoms with Crippen molar-refractivity contribution >= 4 is 5.91 Å². The molecule has 1 saturated heterocycles. The number of amides is 1. The average Bonchev–Trinajstić information content (AvgIpc) is 2.51. The lowest BCUT2D eigenvalue weighted by Crippen LogP contribution is -2.58. The Hall–Kier alpha value is -2.55. The number of ether oxygens (including phenoxy) is 1. The van der Waals surface area contributed by atoms with Crippen LogP contribution in [0.1, 0.15) is 11.6 Å². The summed E-state index contributed by atoms with van der Waals surface area (Å²) in [6, 6.07) is 19.2. The molecule has 1 heterocycles. The van der Waals surface area contributed by atoms with Gasteiger partial charge in [-0.15, -0.1) is 0 Å². The van der Waals surface area contributed by atoms with Gasteiger partial charge in [0.2, 0.25) is 6.10 Å². The standard InChI is InChI=1S/C17H15NO2/c1-2-18-15(13-9-5-3-6-10-13)16(17(18)19)20-14-11-7-4-8-12-14/h2-12,15-16H,1H2/t15-,16+/m1/s1. The molecule has 3 heteroatoms. The van der Waals surface area contributed by atoms with Crippen LogP contribution in [0.15, 0.2) is 73.4 Å². The minimum Gasteiger partial charge on any atom is -0.478 e. The molecule has 1 aliphatic heterocycles. The van der Waals surface area contributed by atoms with Crippen molar-refractivity contribution in [1.29, 1.82) is 0 Å². The van der Waals surface area contributed by atoms with E-state index in [9.17, 15) is 4.79 Å². The van der Waals surface area contributed by atoms with Crippen LogP contribution in [-0.4, -0.2) is 16.9 Å². The predicted octanol–water partition coefficient (Wildman–Crippen LogP) is 3.16. The fourth-order valence-corrected chi connectivity index (χ4v) is 2.43. The first-order valence-corrected chi connectivity index (χ1v) is 6.52. The maximum atomic E-state index is 12.1. The Labute approximate surface area is 118 Å². The number of carbonyl (C=O) groups excluding carboxylic acids is 1. The largest absolute Gasteiger partial charge is 0.478 e. The fourth-order valence-electron chi connectivity index (χ4n) is 2.43. The number of hydrogen-bond acceptors (Lipinski definition) is 2. The van der Waals surface area contributed by atoms with Crippen LogP contribution in [0.4, 0.5) is 0 Å². The Bertz CT molecular complexity index is 609. The quantitative estimate of drug-likeness (QED) is 0.795. The number of rotatable bonds is 4. The molecular formula is C17H15NO2. The third kappa shape index (κ3) is 2.07. The van der Waals surface area contributed by atoms with E-state index in [1.165, 1.54) is 0 Å². The molecule has 2 atom stereocenters. The number of β-lactam (4-membered cyclic amide) rings is 1. The van der Waals surface area contributed by atoms with Crippen molar-refractivity contribution in [2.45, 2.75) is 12.1 Å². The molecule has 0 radical (unpaired) electrons. The molecule has 1 fully saturated rings. The third-order valence-corrected chi connectivity index (χ3v) is 3.43. The minimum atomic E-state index is -0.488. The van der Waals surface area contributed by atoms with E-state index < -0.39 is 6.10 Å². The van der Waals surface area contributed by atoms with Crippen molar-refractivity contribution < 1.29 is 9.53 Å². The summed E-state index contributed by atoms with van der Waals surface area (Å²) in [6.07, 6.45) is 1.07. The average molecular weight is 265 g/mol. The van der Waals surface area contributed by atoms with Gasteiger partial charge in [-0.1, -0.05) is 55.1 Å². The molecule has 1 aliphatic rings. The molecule has 2 aromatic rings. The molecule has 3 rings (SSSR count). The summed E-state index contributed by atoms with van der Waals surface area (Å²) in [5, 5.41) is 0. The van der Waals surface area contributed by atoms with E-state index >= 15 is 0 Å². The Morgan fingerprint density at radius 2 is 1.60 bits per heavy atom. The fraction of sp³-hybridized carbons (Fsp3) is 0.118. The number of para-hydroxylation sites is 1. The second kappa shape index (κ2) is 5.21. The van der Waals surface area contributed by atoms with Crippen LogP contribution >= 0.6 is 0 Å². The molecule has 0 bridgehead atoms. The smallest absolute Gasteiger partial charge is 0.270 e. The van der Waals surface area contributed by atoms with Crippen LogP contribution in [0.3, 0.4) is 0 Å². The van der Waals surface area contributed by atoms with Gasteiger partial charge in [-0.3, -0.25) is 4.79 Å². The molecule has 2 aromatic carbocycles. The molecule has 0 saturated carbocycles. The summed E-state index contributed by atoms with van der Waals surface area (Å²) < 4.78 is 5.82. The highest BCUT2D eigenvalue weighted by Crippen LogP contribution is 2.37. The van der Waals surface area contributed by atoms with E-state index in [-0.39, 0.29) is 11.9 Å². The zero-order valence-electron chi connectivity index (χ0n) is 11.0. The zero-order valence-corrected chi connectivity index (χ0v) is 11.0. The first-order valence-electron chi connectivity index (χ1n) is 6.52. The second-order valence-electron chi connectivity index (χ2n) is 4.64. The molecular weight excluding hydrogens is 250 g/mol. The summed E-state index contributed by atoms with van der Waals surface area (Å²) >= 11 is 0. The van der Waals surface area contributed by atoms with Gasteiger partial charge in [0, 0.05) is 6.20 Å². The minimum absolute atomic E-state index is 0.0577. The van der Waals surface area contributed by atoms with E-state index in [4.69, 9.17) is 4.74 Å². The van der Waals surface area contributed by atoms with Crippen molar-refractivity contribution in [1.82, 2.24) is 4.90 Å². The van der Waals surface area contributed by atoms with E-state index in [2.05, 4.69) is 6.58 Å². The zero-order chi connectivity index (χ0) is 13.9. The lowest BCUT2D eigenvalue weighted by Gasteiger charge is -2.44. The third-order valence-electron chi connectivity index (χ3n) is 3.43. The first kappa shape index (κ1) is 12.5. The number of likely N-dealkylation sites (tertiary alicyclic amines) is 1. The number of carbonyl (C=O) groups is 1. The lowest BCUT2D eigenvalue weighted by molar-refractivity contribution is -0.157. The highest BCUT2D eigenvalue weighted by Gasteiger charge is 2.48. The molecule has 0 unspecified atom stereocenters. The van der Waals surface area contributed by atoms with Crippen LogP contribution in [0.25, 0.3) is 0 Å². The van der Waals surface area contributed by atoms with E-state index in [0.717, 1.165) is 5.56 Å². The molecule has 0 aliphatic carbocycles. The van der Waals surface area contributed by atoms with Crippen LogP contribution < -0.4 is 4.74 Å². The summed E-state index contributed by atoms with van der Waals surface area (Å²) in [5.74, 6) is 0.646. The Kier molecular flexibility index (Phi) is 3.25. The number of hydrogen-bond donors (Lipinski definition) is 0. The Morgan fingerprint density at radius 1 is 1.00 bits per heavy atom. The molecule has 0 spiro atoms. The summed E-state index contributed by atoms with van der Waals surface area (Å²) in [7, 11) is 0. The number of nitrogens with zero attached hydrogens (tertiary/aromatic N) is 1. The van der Waals surface area contributed by atoms with Crippen LogP contribution in [0, 0.1) is 0 Å². The second-order valence-corrected chi connectivity index (χ2v) is 4.64. The van der Waals surface area contributed by atoms with Crippen molar-refractivity contribution in [3.05, 3.63) is 79.0 Å².